The molecule has 0 bridgehead atoms. The molecule has 2 aromatic heterocycles. The number of nitrogens with zero attached hydrogens (tertiary/aromatic N) is 1. The summed E-state index contributed by atoms with van der Waals surface area (Å²) >= 11 is 0. The molecule has 0 saturated carbocycles. The highest BCUT2D eigenvalue weighted by atomic mass is 16.4. The molecule has 3 heteroatoms. The van der Waals surface area contributed by atoms with E-state index in [9.17, 15) is 4.79 Å². The van der Waals surface area contributed by atoms with Gasteiger partial charge < -0.3 is 9.51 Å². The number of hydrogen-bond acceptors (Lipinski definition) is 1. The van der Waals surface area contributed by atoms with Crippen LogP contribution in [-0.4, -0.2) is 15.5 Å². The molecule has 2 aromatic rings. The molecule has 0 radical (unpaired) electrons. The number of pyridine rings is 1. The largest absolute Gasteiger partial charge is 0.478 e. The lowest BCUT2D eigenvalue weighted by molar-refractivity contribution is 0.0697. The Balaban J connectivity index is 2.57. The molecule has 0 unspecified atom stereocenters. The van der Waals surface area contributed by atoms with E-state index in [4.69, 9.17) is 5.11 Å². The van der Waals surface area contributed by atoms with Crippen molar-refractivity contribution in [1.82, 2.24) is 4.40 Å². The maximum absolute atomic E-state index is 10.8. The van der Waals surface area contributed by atoms with Crippen molar-refractivity contribution in [3.05, 3.63) is 41.7 Å². The second-order valence-corrected chi connectivity index (χ2v) is 3.98. The van der Waals surface area contributed by atoms with Gasteiger partial charge in [-0.05, 0) is 29.7 Å². The van der Waals surface area contributed by atoms with Crippen LogP contribution in [0.5, 0.6) is 0 Å². The minimum absolute atomic E-state index is 0.330. The first-order chi connectivity index (χ1) is 7.08. The van der Waals surface area contributed by atoms with Crippen molar-refractivity contribution in [2.24, 2.45) is 0 Å². The number of aromatic carboxylic acids is 1. The average molecular weight is 203 g/mol. The molecule has 0 aliphatic carbocycles. The lowest BCUT2D eigenvalue weighted by atomic mass is 10.1. The molecule has 3 nitrogen and oxygen atoms in total. The molecule has 0 aromatic carbocycles. The average Bonchev–Trinajstić information content (AvgIpc) is 2.59. The van der Waals surface area contributed by atoms with Gasteiger partial charge in [0.05, 0.1) is 5.56 Å². The highest BCUT2D eigenvalue weighted by Crippen LogP contribution is 2.19. The maximum Gasteiger partial charge on any atom is 0.335 e. The van der Waals surface area contributed by atoms with Crippen LogP contribution in [0.15, 0.2) is 30.6 Å². The molecule has 1 N–H and O–H groups in total. The topological polar surface area (TPSA) is 41.7 Å². The Morgan fingerprint density at radius 3 is 2.73 bits per heavy atom. The van der Waals surface area contributed by atoms with E-state index in [-0.39, 0.29) is 0 Å². The molecule has 0 atom stereocenters. The fourth-order valence-electron chi connectivity index (χ4n) is 1.58. The predicted octanol–water partition coefficient (Wildman–Crippen LogP) is 2.76. The smallest absolute Gasteiger partial charge is 0.335 e. The number of rotatable bonds is 2. The summed E-state index contributed by atoms with van der Waals surface area (Å²) in [4.78, 5) is 10.8. The molecule has 0 amide bonds. The molecule has 0 spiro atoms. The summed E-state index contributed by atoms with van der Waals surface area (Å²) in [5.41, 5.74) is 2.48. The number of carboxylic acid groups (broad SMARTS) is 1. The van der Waals surface area contributed by atoms with Crippen LogP contribution in [0, 0.1) is 0 Å². The third kappa shape index (κ3) is 1.73. The van der Waals surface area contributed by atoms with E-state index in [0.29, 0.717) is 11.5 Å². The number of carbonyl (C=O) groups is 1. The van der Waals surface area contributed by atoms with E-state index in [1.165, 1.54) is 5.56 Å². The van der Waals surface area contributed by atoms with Gasteiger partial charge in [0.15, 0.2) is 0 Å². The summed E-state index contributed by atoms with van der Waals surface area (Å²) in [5, 5.41) is 8.85. The molecule has 0 fully saturated rings. The number of aromatic nitrogens is 1. The third-order valence-electron chi connectivity index (χ3n) is 2.53. The number of carboxylic acids is 1. The lowest BCUT2D eigenvalue weighted by Crippen LogP contribution is -1.96. The van der Waals surface area contributed by atoms with Crippen molar-refractivity contribution in [2.45, 2.75) is 19.8 Å². The number of hydrogen-bond donors (Lipinski definition) is 1. The minimum atomic E-state index is -0.884. The number of fused-ring (bicyclic) bond motifs is 1. The second-order valence-electron chi connectivity index (χ2n) is 3.98. The summed E-state index contributed by atoms with van der Waals surface area (Å²) in [7, 11) is 0. The van der Waals surface area contributed by atoms with Crippen LogP contribution in [0.3, 0.4) is 0 Å². The van der Waals surface area contributed by atoms with E-state index in [1.807, 2.05) is 16.7 Å². The second kappa shape index (κ2) is 3.42. The molecule has 0 aliphatic rings. The van der Waals surface area contributed by atoms with Crippen LogP contribution in [0.1, 0.15) is 35.7 Å². The Bertz CT molecular complexity index is 511. The van der Waals surface area contributed by atoms with E-state index in [0.717, 1.165) is 5.52 Å². The van der Waals surface area contributed by atoms with Gasteiger partial charge >= 0.3 is 5.97 Å². The minimum Gasteiger partial charge on any atom is -0.478 e. The summed E-state index contributed by atoms with van der Waals surface area (Å²) in [6, 6.07) is 5.32. The van der Waals surface area contributed by atoms with Gasteiger partial charge in [-0.2, -0.15) is 0 Å². The van der Waals surface area contributed by atoms with Crippen molar-refractivity contribution in [3.8, 4) is 0 Å². The van der Waals surface area contributed by atoms with E-state index in [2.05, 4.69) is 13.8 Å². The normalized spacial score (nSPS) is 11.1. The molecule has 2 heterocycles. The van der Waals surface area contributed by atoms with Crippen LogP contribution >= 0.6 is 0 Å². The van der Waals surface area contributed by atoms with Crippen molar-refractivity contribution in [3.63, 3.8) is 0 Å². The predicted molar refractivity (Wildman–Crippen MR) is 58.4 cm³/mol. The van der Waals surface area contributed by atoms with E-state index < -0.39 is 5.97 Å². The highest BCUT2D eigenvalue weighted by Gasteiger charge is 2.06. The van der Waals surface area contributed by atoms with Crippen LogP contribution in [-0.2, 0) is 0 Å². The summed E-state index contributed by atoms with van der Waals surface area (Å²) < 4.78 is 1.95. The Morgan fingerprint density at radius 2 is 2.13 bits per heavy atom. The first-order valence-electron chi connectivity index (χ1n) is 4.93. The zero-order valence-electron chi connectivity index (χ0n) is 8.77. The highest BCUT2D eigenvalue weighted by molar-refractivity contribution is 5.89. The Kier molecular flexibility index (Phi) is 2.23. The Labute approximate surface area is 88.0 Å². The summed E-state index contributed by atoms with van der Waals surface area (Å²) in [6.45, 7) is 4.24. The lowest BCUT2D eigenvalue weighted by Gasteiger charge is -1.97. The van der Waals surface area contributed by atoms with E-state index in [1.54, 1.807) is 18.3 Å². The van der Waals surface area contributed by atoms with Crippen molar-refractivity contribution < 1.29 is 9.90 Å². The molecule has 78 valence electrons. The summed E-state index contributed by atoms with van der Waals surface area (Å²) in [5.74, 6) is -0.428. The van der Waals surface area contributed by atoms with Crippen LogP contribution in [0.25, 0.3) is 5.52 Å². The first kappa shape index (κ1) is 9.77. The van der Waals surface area contributed by atoms with Gasteiger partial charge in [0.1, 0.15) is 0 Å². The Hall–Kier alpha value is -1.77. The molecule has 2 rings (SSSR count). The van der Waals surface area contributed by atoms with Gasteiger partial charge in [-0.25, -0.2) is 4.79 Å². The fourth-order valence-corrected chi connectivity index (χ4v) is 1.58. The standard InChI is InChI=1S/C12H13NO2/c1-8(2)10-6-11-5-9(12(14)15)3-4-13(11)7-10/h3-8H,1-2H3,(H,14,15). The fraction of sp³-hybridized carbons (Fsp3) is 0.250. The first-order valence-corrected chi connectivity index (χ1v) is 4.93. The van der Waals surface area contributed by atoms with Gasteiger partial charge in [0.2, 0.25) is 0 Å². The third-order valence-corrected chi connectivity index (χ3v) is 2.53. The van der Waals surface area contributed by atoms with Gasteiger partial charge in [0.25, 0.3) is 0 Å². The van der Waals surface area contributed by atoms with Crippen molar-refractivity contribution in [1.29, 1.82) is 0 Å². The van der Waals surface area contributed by atoms with Crippen LogP contribution in [0.4, 0.5) is 0 Å². The molecular formula is C12H13NO2. The van der Waals surface area contributed by atoms with Gasteiger partial charge in [-0.1, -0.05) is 13.8 Å². The Morgan fingerprint density at radius 1 is 1.40 bits per heavy atom. The molecular weight excluding hydrogens is 190 g/mol. The van der Waals surface area contributed by atoms with Gasteiger partial charge in [-0.3, -0.25) is 0 Å². The van der Waals surface area contributed by atoms with Crippen molar-refractivity contribution >= 4 is 11.5 Å². The molecule has 0 saturated heterocycles. The van der Waals surface area contributed by atoms with Crippen molar-refractivity contribution in [2.75, 3.05) is 0 Å². The quantitative estimate of drug-likeness (QED) is 0.815. The van der Waals surface area contributed by atoms with Crippen LogP contribution in [0.2, 0.25) is 0 Å². The van der Waals surface area contributed by atoms with Gasteiger partial charge in [-0.15, -0.1) is 0 Å². The molecule has 15 heavy (non-hydrogen) atoms. The zero-order valence-corrected chi connectivity index (χ0v) is 8.77. The van der Waals surface area contributed by atoms with Crippen LogP contribution < -0.4 is 0 Å². The monoisotopic (exact) mass is 203 g/mol. The molecule has 0 aliphatic heterocycles. The van der Waals surface area contributed by atoms with E-state index >= 15 is 0 Å². The SMILES string of the molecule is CC(C)c1cc2cc(C(=O)O)ccn2c1. The summed E-state index contributed by atoms with van der Waals surface area (Å²) in [6.07, 6.45) is 3.82. The maximum atomic E-state index is 10.8. The zero-order chi connectivity index (χ0) is 11.0. The van der Waals surface area contributed by atoms with Gasteiger partial charge in [0, 0.05) is 17.9 Å².